The Balaban J connectivity index is 2.86. The van der Waals surface area contributed by atoms with Gasteiger partial charge in [-0.1, -0.05) is 31.4 Å². The van der Waals surface area contributed by atoms with E-state index in [9.17, 15) is 5.11 Å². The van der Waals surface area contributed by atoms with Crippen LogP contribution in [0.15, 0.2) is 49.1 Å². The van der Waals surface area contributed by atoms with Crippen LogP contribution in [0.5, 0.6) is 5.75 Å². The molecule has 0 amide bonds. The summed E-state index contributed by atoms with van der Waals surface area (Å²) in [5, 5.41) is 9.74. The maximum Gasteiger partial charge on any atom is 0.118 e. The number of ether oxygens (including phenoxy) is 1. The van der Waals surface area contributed by atoms with Crippen LogP contribution < -0.4 is 4.74 Å². The van der Waals surface area contributed by atoms with Crippen LogP contribution >= 0.6 is 0 Å². The standard InChI is InChI=1S/C12H14O2/c1-4-9(2)12(13)10-5-7-11(14-3)8-6-10/h4-8,12-13H,1-2H2,3H3. The normalized spacial score (nSPS) is 11.9. The summed E-state index contributed by atoms with van der Waals surface area (Å²) in [4.78, 5) is 0. The molecule has 1 aromatic rings. The van der Waals surface area contributed by atoms with Crippen molar-refractivity contribution in [3.63, 3.8) is 0 Å². The minimum absolute atomic E-state index is 0.593. The highest BCUT2D eigenvalue weighted by molar-refractivity contribution is 5.33. The lowest BCUT2D eigenvalue weighted by Crippen LogP contribution is -1.98. The maximum atomic E-state index is 9.74. The van der Waals surface area contributed by atoms with Crippen molar-refractivity contribution in [2.24, 2.45) is 0 Å². The van der Waals surface area contributed by atoms with Crippen LogP contribution in [0.3, 0.4) is 0 Å². The summed E-state index contributed by atoms with van der Waals surface area (Å²) in [6.07, 6.45) is 0.868. The molecule has 0 saturated carbocycles. The van der Waals surface area contributed by atoms with Crippen molar-refractivity contribution in [2.75, 3.05) is 7.11 Å². The molecule has 2 heteroatoms. The molecule has 0 fully saturated rings. The van der Waals surface area contributed by atoms with Crippen molar-refractivity contribution in [1.29, 1.82) is 0 Å². The molecular formula is C12H14O2. The average Bonchev–Trinajstić information content (AvgIpc) is 2.27. The van der Waals surface area contributed by atoms with Crippen LogP contribution in [-0.2, 0) is 0 Å². The van der Waals surface area contributed by atoms with Gasteiger partial charge in [0.05, 0.1) is 7.11 Å². The first-order chi connectivity index (χ1) is 6.69. The van der Waals surface area contributed by atoms with Crippen molar-refractivity contribution in [3.8, 4) is 5.75 Å². The van der Waals surface area contributed by atoms with Crippen molar-refractivity contribution >= 4 is 0 Å². The minimum Gasteiger partial charge on any atom is -0.497 e. The van der Waals surface area contributed by atoms with Gasteiger partial charge < -0.3 is 9.84 Å². The van der Waals surface area contributed by atoms with Crippen LogP contribution in [0.2, 0.25) is 0 Å². The van der Waals surface area contributed by atoms with Gasteiger partial charge in [0, 0.05) is 0 Å². The molecule has 1 N–H and O–H groups in total. The van der Waals surface area contributed by atoms with Crippen LogP contribution in [0.25, 0.3) is 0 Å². The van der Waals surface area contributed by atoms with E-state index in [0.29, 0.717) is 5.57 Å². The molecular weight excluding hydrogens is 176 g/mol. The number of aliphatic hydroxyl groups is 1. The molecule has 0 bridgehead atoms. The summed E-state index contributed by atoms with van der Waals surface area (Å²) >= 11 is 0. The lowest BCUT2D eigenvalue weighted by molar-refractivity contribution is 0.220. The van der Waals surface area contributed by atoms with Gasteiger partial charge in [-0.15, -0.1) is 0 Å². The molecule has 1 unspecified atom stereocenters. The number of benzene rings is 1. The number of rotatable bonds is 4. The third-order valence-corrected chi connectivity index (χ3v) is 2.04. The Hall–Kier alpha value is -1.54. The molecule has 0 aliphatic carbocycles. The fourth-order valence-corrected chi connectivity index (χ4v) is 1.11. The van der Waals surface area contributed by atoms with Gasteiger partial charge in [0.1, 0.15) is 11.9 Å². The van der Waals surface area contributed by atoms with E-state index in [1.807, 2.05) is 0 Å². The topological polar surface area (TPSA) is 29.5 Å². The molecule has 0 aliphatic heterocycles. The highest BCUT2D eigenvalue weighted by atomic mass is 16.5. The summed E-state index contributed by atoms with van der Waals surface area (Å²) in [6.45, 7) is 7.25. The van der Waals surface area contributed by atoms with Crippen molar-refractivity contribution < 1.29 is 9.84 Å². The molecule has 1 rings (SSSR count). The van der Waals surface area contributed by atoms with E-state index < -0.39 is 6.10 Å². The van der Waals surface area contributed by atoms with Crippen LogP contribution in [0.1, 0.15) is 11.7 Å². The first-order valence-electron chi connectivity index (χ1n) is 4.32. The third-order valence-electron chi connectivity index (χ3n) is 2.04. The lowest BCUT2D eigenvalue weighted by atomic mass is 10.0. The van der Waals surface area contributed by atoms with Crippen LogP contribution in [0.4, 0.5) is 0 Å². The molecule has 0 aromatic heterocycles. The maximum absolute atomic E-state index is 9.74. The molecule has 0 radical (unpaired) electrons. The zero-order chi connectivity index (χ0) is 10.6. The Kier molecular flexibility index (Phi) is 3.48. The van der Waals surface area contributed by atoms with Gasteiger partial charge in [-0.3, -0.25) is 0 Å². The Morgan fingerprint density at radius 2 is 2.00 bits per heavy atom. The highest BCUT2D eigenvalue weighted by Gasteiger charge is 2.08. The summed E-state index contributed by atoms with van der Waals surface area (Å²) in [6, 6.07) is 7.21. The van der Waals surface area contributed by atoms with E-state index in [1.165, 1.54) is 0 Å². The lowest BCUT2D eigenvalue weighted by Gasteiger charge is -2.11. The Labute approximate surface area is 84.1 Å². The zero-order valence-electron chi connectivity index (χ0n) is 8.23. The van der Waals surface area contributed by atoms with Gasteiger partial charge in [-0.05, 0) is 23.3 Å². The molecule has 0 spiro atoms. The molecule has 0 aliphatic rings. The van der Waals surface area contributed by atoms with Crippen molar-refractivity contribution in [1.82, 2.24) is 0 Å². The van der Waals surface area contributed by atoms with Crippen molar-refractivity contribution in [2.45, 2.75) is 6.10 Å². The Morgan fingerprint density at radius 1 is 1.43 bits per heavy atom. The van der Waals surface area contributed by atoms with Crippen molar-refractivity contribution in [3.05, 3.63) is 54.6 Å². The summed E-state index contributed by atoms with van der Waals surface area (Å²) < 4.78 is 5.01. The molecule has 0 heterocycles. The van der Waals surface area contributed by atoms with Crippen LogP contribution in [0, 0.1) is 0 Å². The fraction of sp³-hybridized carbons (Fsp3) is 0.167. The number of aliphatic hydroxyl groups excluding tert-OH is 1. The van der Waals surface area contributed by atoms with E-state index in [1.54, 1.807) is 37.5 Å². The monoisotopic (exact) mass is 190 g/mol. The molecule has 74 valence electrons. The second-order valence-corrected chi connectivity index (χ2v) is 2.95. The third kappa shape index (κ3) is 2.24. The smallest absolute Gasteiger partial charge is 0.118 e. The second kappa shape index (κ2) is 4.63. The largest absolute Gasteiger partial charge is 0.497 e. The summed E-state index contributed by atoms with van der Waals surface area (Å²) in [5.74, 6) is 0.769. The summed E-state index contributed by atoms with van der Waals surface area (Å²) in [5.41, 5.74) is 1.38. The molecule has 1 aromatic carbocycles. The van der Waals surface area contributed by atoms with Crippen LogP contribution in [-0.4, -0.2) is 12.2 Å². The van der Waals surface area contributed by atoms with Gasteiger partial charge in [0.15, 0.2) is 0 Å². The van der Waals surface area contributed by atoms with E-state index in [2.05, 4.69) is 13.2 Å². The second-order valence-electron chi connectivity index (χ2n) is 2.95. The predicted octanol–water partition coefficient (Wildman–Crippen LogP) is 2.47. The molecule has 14 heavy (non-hydrogen) atoms. The Morgan fingerprint density at radius 3 is 2.43 bits per heavy atom. The van der Waals surface area contributed by atoms with Gasteiger partial charge in [0.25, 0.3) is 0 Å². The molecule has 1 atom stereocenters. The van der Waals surface area contributed by atoms with Gasteiger partial charge in [-0.2, -0.15) is 0 Å². The fourth-order valence-electron chi connectivity index (χ4n) is 1.11. The van der Waals surface area contributed by atoms with E-state index in [-0.39, 0.29) is 0 Å². The molecule has 2 nitrogen and oxygen atoms in total. The van der Waals surface area contributed by atoms with Gasteiger partial charge in [-0.25, -0.2) is 0 Å². The average molecular weight is 190 g/mol. The summed E-state index contributed by atoms with van der Waals surface area (Å²) in [7, 11) is 1.61. The zero-order valence-corrected chi connectivity index (χ0v) is 8.23. The minimum atomic E-state index is -0.682. The number of methoxy groups -OCH3 is 1. The first-order valence-corrected chi connectivity index (χ1v) is 4.32. The van der Waals surface area contributed by atoms with Gasteiger partial charge in [0.2, 0.25) is 0 Å². The Bertz CT molecular complexity index is 325. The van der Waals surface area contributed by atoms with E-state index >= 15 is 0 Å². The van der Waals surface area contributed by atoms with E-state index in [0.717, 1.165) is 11.3 Å². The van der Waals surface area contributed by atoms with Gasteiger partial charge >= 0.3 is 0 Å². The predicted molar refractivity (Wildman–Crippen MR) is 57.3 cm³/mol. The van der Waals surface area contributed by atoms with E-state index in [4.69, 9.17) is 4.74 Å². The molecule has 0 saturated heterocycles. The highest BCUT2D eigenvalue weighted by Crippen LogP contribution is 2.22. The number of hydrogen-bond donors (Lipinski definition) is 1. The quantitative estimate of drug-likeness (QED) is 0.739. The number of hydrogen-bond acceptors (Lipinski definition) is 2. The SMILES string of the molecule is C=CC(=C)C(O)c1ccc(OC)cc1. The first kappa shape index (κ1) is 10.5.